The standard InChI is InChI=1S/C25H31O3PSi.C8H13.CH3.Ni/c1-17-11-8-13-19(27-3)24(17)29(25-18(2)12-9-14-20(25)28-4)21-15-10-16-22(23(21)26)30(5,6)7;1-2-4-6-8-7-5-3-1;;/h8-16,26H,1-7H3;1-2,7H,3-6,8H2;1H3;/q;-1;+1;/p+1/b;2-1-;;. The van der Waals surface area contributed by atoms with Crippen molar-refractivity contribution in [3.8, 4) is 17.2 Å². The molecule has 40 heavy (non-hydrogen) atoms. The summed E-state index contributed by atoms with van der Waals surface area (Å²) in [6.07, 6.45) is 13.5. The molecular weight excluding hydrogens is 574 g/mol. The van der Waals surface area contributed by atoms with Crippen molar-refractivity contribution in [2.45, 2.75) is 65.6 Å². The number of hydrogen-bond acceptors (Lipinski definition) is 3. The van der Waals surface area contributed by atoms with Gasteiger partial charge >= 0.3 is 0 Å². The number of aromatic hydroxyl groups is 1. The summed E-state index contributed by atoms with van der Waals surface area (Å²) >= 11 is 0. The monoisotopic (exact) mass is 621 g/mol. The van der Waals surface area contributed by atoms with Crippen LogP contribution in [0, 0.1) is 27.7 Å². The molecule has 3 aromatic carbocycles. The van der Waals surface area contributed by atoms with Crippen LogP contribution in [0.3, 0.4) is 0 Å². The van der Waals surface area contributed by atoms with E-state index in [1.54, 1.807) is 14.2 Å². The third kappa shape index (κ3) is 8.90. The summed E-state index contributed by atoms with van der Waals surface area (Å²) in [5.41, 5.74) is 2.32. The first kappa shape index (κ1) is 35.8. The minimum Gasteiger partial charge on any atom is -0.504 e. The Balaban J connectivity index is 0.000000690. The van der Waals surface area contributed by atoms with Gasteiger partial charge in [0.25, 0.3) is 0 Å². The van der Waals surface area contributed by atoms with Gasteiger partial charge in [-0.15, -0.1) is 0 Å². The molecule has 3 nitrogen and oxygen atoms in total. The molecule has 6 heteroatoms. The number of aryl methyl sites for hydroxylation is 2. The Hall–Kier alpha value is -2.19. The molecule has 220 valence electrons. The second-order valence-corrected chi connectivity index (χ2v) is 18.2. The van der Waals surface area contributed by atoms with Crippen LogP contribution >= 0.6 is 7.92 Å². The van der Waals surface area contributed by atoms with Gasteiger partial charge in [0, 0.05) is 23.9 Å². The molecule has 0 atom stereocenters. The molecular formula is C34H48NiO3PSi+. The van der Waals surface area contributed by atoms with E-state index < -0.39 is 16.0 Å². The topological polar surface area (TPSA) is 38.7 Å². The van der Waals surface area contributed by atoms with E-state index in [1.165, 1.54) is 32.1 Å². The fourth-order valence-corrected chi connectivity index (χ4v) is 9.79. The van der Waals surface area contributed by atoms with Crippen LogP contribution in [-0.4, -0.2) is 27.4 Å². The van der Waals surface area contributed by atoms with Crippen molar-refractivity contribution >= 4 is 37.1 Å². The van der Waals surface area contributed by atoms with Crippen LogP contribution in [0.15, 0.2) is 66.7 Å². The Labute approximate surface area is 256 Å². The van der Waals surface area contributed by atoms with Crippen LogP contribution in [0.4, 0.5) is 0 Å². The molecule has 0 saturated heterocycles. The summed E-state index contributed by atoms with van der Waals surface area (Å²) in [5.74, 6) is 2.14. The number of phenolic OH excluding ortho intramolecular Hbond substituents is 1. The summed E-state index contributed by atoms with van der Waals surface area (Å²) in [6, 6.07) is 18.5. The van der Waals surface area contributed by atoms with Gasteiger partial charge in [-0.05, 0) is 54.8 Å². The molecule has 1 N–H and O–H groups in total. The molecule has 4 rings (SSSR count). The number of ether oxygens (including phenoxy) is 2. The molecule has 3 aromatic rings. The minimum absolute atomic E-state index is 0. The summed E-state index contributed by atoms with van der Waals surface area (Å²) in [6.45, 7) is 11.0. The Kier molecular flexibility index (Phi) is 15.2. The Morgan fingerprint density at radius 2 is 1.30 bits per heavy atom. The van der Waals surface area contributed by atoms with E-state index in [1.807, 2.05) is 24.3 Å². The van der Waals surface area contributed by atoms with Crippen LogP contribution < -0.4 is 30.6 Å². The first-order valence-corrected chi connectivity index (χ1v) is 18.6. The van der Waals surface area contributed by atoms with Gasteiger partial charge in [-0.3, -0.25) is 0 Å². The molecule has 0 fully saturated rings. The van der Waals surface area contributed by atoms with E-state index in [2.05, 4.69) is 82.4 Å². The van der Waals surface area contributed by atoms with Crippen molar-refractivity contribution in [3.63, 3.8) is 0 Å². The predicted octanol–water partition coefficient (Wildman–Crippen LogP) is 7.22. The van der Waals surface area contributed by atoms with Gasteiger partial charge in [0.2, 0.25) is 0 Å². The van der Waals surface area contributed by atoms with Gasteiger partial charge in [-0.1, -0.05) is 81.0 Å². The second-order valence-electron chi connectivity index (χ2n) is 10.9. The van der Waals surface area contributed by atoms with Crippen LogP contribution in [0.1, 0.15) is 43.2 Å². The summed E-state index contributed by atoms with van der Waals surface area (Å²) in [7, 11) is 0.0921. The van der Waals surface area contributed by atoms with Gasteiger partial charge < -0.3 is 21.0 Å². The van der Waals surface area contributed by atoms with Crippen molar-refractivity contribution in [2.24, 2.45) is 0 Å². The van der Waals surface area contributed by atoms with E-state index in [0.29, 0.717) is 5.75 Å². The van der Waals surface area contributed by atoms with E-state index in [0.717, 1.165) is 43.7 Å². The SMILES string of the molecule is C1=C\CCC[CH-]CC/1.COc1cccc(C)c1[PH+](c1cccc([Si](C)(C)C)c1O)c1c(C)cccc1OC.[CH3+].[Ni]. The number of para-hydroxylation sites is 1. The number of rotatable bonds is 6. The second kappa shape index (κ2) is 16.9. The molecule has 0 spiro atoms. The number of hydrogen-bond donors (Lipinski definition) is 1. The maximum absolute atomic E-state index is 11.5. The zero-order chi connectivity index (χ0) is 27.7. The molecule has 0 aromatic heterocycles. The molecule has 0 saturated carbocycles. The number of allylic oxidation sites excluding steroid dienone is 2. The third-order valence-corrected chi connectivity index (χ3v) is 12.2. The summed E-state index contributed by atoms with van der Waals surface area (Å²) < 4.78 is 11.6. The molecule has 0 aliphatic heterocycles. The van der Waals surface area contributed by atoms with Crippen molar-refractivity contribution in [1.82, 2.24) is 0 Å². The number of benzene rings is 3. The summed E-state index contributed by atoms with van der Waals surface area (Å²) in [5, 5.41) is 15.9. The molecule has 0 radical (unpaired) electrons. The van der Waals surface area contributed by atoms with E-state index in [9.17, 15) is 5.11 Å². The Morgan fingerprint density at radius 1 is 0.775 bits per heavy atom. The summed E-state index contributed by atoms with van der Waals surface area (Å²) in [4.78, 5) is 0. The molecule has 1 aliphatic carbocycles. The van der Waals surface area contributed by atoms with Gasteiger partial charge in [-0.25, -0.2) is 0 Å². The third-order valence-electron chi connectivity index (χ3n) is 7.01. The fourth-order valence-electron chi connectivity index (χ4n) is 4.98. The van der Waals surface area contributed by atoms with Gasteiger partial charge in [0.15, 0.2) is 17.2 Å². The first-order valence-electron chi connectivity index (χ1n) is 13.6. The number of phenols is 1. The van der Waals surface area contributed by atoms with Crippen LogP contribution in [-0.2, 0) is 16.5 Å². The van der Waals surface area contributed by atoms with E-state index in [-0.39, 0.29) is 23.9 Å². The van der Waals surface area contributed by atoms with Crippen LogP contribution in [0.2, 0.25) is 19.6 Å². The Morgan fingerprint density at radius 3 is 1.82 bits per heavy atom. The van der Waals surface area contributed by atoms with Crippen LogP contribution in [0.25, 0.3) is 0 Å². The molecule has 1 aliphatic rings. The van der Waals surface area contributed by atoms with Crippen molar-refractivity contribution in [3.05, 3.63) is 91.7 Å². The zero-order valence-electron chi connectivity index (χ0n) is 25.5. The molecule has 0 unspecified atom stereocenters. The average Bonchev–Trinajstić information content (AvgIpc) is 2.86. The van der Waals surface area contributed by atoms with Gasteiger partial charge in [0.05, 0.1) is 22.3 Å². The molecule has 0 amide bonds. The number of methoxy groups -OCH3 is 2. The molecule has 0 heterocycles. The maximum Gasteiger partial charge on any atom is 0.161 e. The smallest absolute Gasteiger partial charge is 0.161 e. The van der Waals surface area contributed by atoms with Gasteiger partial charge in [0.1, 0.15) is 23.8 Å². The van der Waals surface area contributed by atoms with Crippen LogP contribution in [0.5, 0.6) is 17.2 Å². The van der Waals surface area contributed by atoms with Crippen molar-refractivity contribution in [1.29, 1.82) is 0 Å². The molecule has 0 bridgehead atoms. The van der Waals surface area contributed by atoms with E-state index >= 15 is 0 Å². The largest absolute Gasteiger partial charge is 0.504 e. The minimum atomic E-state index is -1.72. The maximum atomic E-state index is 11.5. The zero-order valence-corrected chi connectivity index (χ0v) is 28.5. The average molecular weight is 623 g/mol. The quantitative estimate of drug-likeness (QED) is 0.137. The first-order chi connectivity index (χ1) is 18.2. The van der Waals surface area contributed by atoms with Gasteiger partial charge in [-0.2, -0.15) is 12.8 Å². The predicted molar refractivity (Wildman–Crippen MR) is 177 cm³/mol. The Bertz CT molecular complexity index is 1170. The normalized spacial score (nSPS) is 13.9. The fraction of sp³-hybridized carbons (Fsp3) is 0.353. The van der Waals surface area contributed by atoms with Crippen molar-refractivity contribution < 1.29 is 31.1 Å². The van der Waals surface area contributed by atoms with Crippen molar-refractivity contribution in [2.75, 3.05) is 14.2 Å². The van der Waals surface area contributed by atoms with E-state index in [4.69, 9.17) is 9.47 Å².